The molecule has 3 nitrogen and oxygen atoms in total. The summed E-state index contributed by atoms with van der Waals surface area (Å²) < 4.78 is 0. The van der Waals surface area contributed by atoms with Gasteiger partial charge in [-0.3, -0.25) is 4.79 Å². The Kier molecular flexibility index (Phi) is 6.67. The number of rotatable bonds is 3. The summed E-state index contributed by atoms with van der Waals surface area (Å²) in [7, 11) is 0. The lowest BCUT2D eigenvalue weighted by Gasteiger charge is -2.22. The smallest absolute Gasteiger partial charge is 0.223 e. The number of carbonyl (C=O) groups is 1. The average molecular weight is 279 g/mol. The van der Waals surface area contributed by atoms with E-state index in [0.29, 0.717) is 5.92 Å². The average Bonchev–Trinajstić information content (AvgIpc) is 2.74. The van der Waals surface area contributed by atoms with Gasteiger partial charge in [0, 0.05) is 18.5 Å². The van der Waals surface area contributed by atoms with E-state index in [1.54, 1.807) is 0 Å². The minimum absolute atomic E-state index is 0. The minimum Gasteiger partial charge on any atom is -0.356 e. The van der Waals surface area contributed by atoms with Gasteiger partial charge in [0.05, 0.1) is 0 Å². The summed E-state index contributed by atoms with van der Waals surface area (Å²) >= 11 is 2.03. The fraction of sp³-hybridized carbons (Fsp3) is 0.917. The largest absolute Gasteiger partial charge is 0.356 e. The van der Waals surface area contributed by atoms with Crippen LogP contribution in [0.1, 0.15) is 32.1 Å². The van der Waals surface area contributed by atoms with Gasteiger partial charge in [0.25, 0.3) is 0 Å². The molecule has 2 rings (SSSR count). The lowest BCUT2D eigenvalue weighted by Crippen LogP contribution is -2.35. The quantitative estimate of drug-likeness (QED) is 0.828. The summed E-state index contributed by atoms with van der Waals surface area (Å²) in [6, 6.07) is 0.252. The van der Waals surface area contributed by atoms with E-state index in [1.165, 1.54) is 24.3 Å². The van der Waals surface area contributed by atoms with Gasteiger partial charge in [-0.25, -0.2) is 0 Å². The lowest BCUT2D eigenvalue weighted by molar-refractivity contribution is -0.125. The molecule has 100 valence electrons. The topological polar surface area (TPSA) is 55.1 Å². The molecule has 0 radical (unpaired) electrons. The highest BCUT2D eigenvalue weighted by atomic mass is 35.5. The van der Waals surface area contributed by atoms with Crippen LogP contribution in [0.4, 0.5) is 0 Å². The van der Waals surface area contributed by atoms with Gasteiger partial charge < -0.3 is 11.1 Å². The molecule has 1 saturated heterocycles. The third-order valence-electron chi connectivity index (χ3n) is 3.75. The van der Waals surface area contributed by atoms with Gasteiger partial charge in [0.1, 0.15) is 0 Å². The first-order chi connectivity index (χ1) is 7.75. The molecule has 5 heteroatoms. The second-order valence-electron chi connectivity index (χ2n) is 5.07. The molecule has 1 aliphatic carbocycles. The van der Waals surface area contributed by atoms with E-state index in [-0.39, 0.29) is 30.3 Å². The Balaban J connectivity index is 0.00000144. The molecule has 1 amide bonds. The molecule has 1 aliphatic heterocycles. The first kappa shape index (κ1) is 15.1. The first-order valence-corrected chi connectivity index (χ1v) is 7.52. The maximum absolute atomic E-state index is 11.9. The maximum Gasteiger partial charge on any atom is 0.223 e. The Morgan fingerprint density at radius 2 is 1.94 bits per heavy atom. The molecule has 0 aromatic carbocycles. The number of carbonyl (C=O) groups excluding carboxylic acids is 1. The first-order valence-electron chi connectivity index (χ1n) is 6.36. The minimum atomic E-state index is 0. The van der Waals surface area contributed by atoms with Crippen LogP contribution in [-0.2, 0) is 4.79 Å². The lowest BCUT2D eigenvalue weighted by atomic mass is 10.0. The van der Waals surface area contributed by atoms with Crippen molar-refractivity contribution in [3.8, 4) is 0 Å². The molecule has 2 unspecified atom stereocenters. The van der Waals surface area contributed by atoms with Crippen molar-refractivity contribution in [3.05, 3.63) is 0 Å². The third kappa shape index (κ3) is 4.68. The molecule has 2 aliphatic rings. The number of nitrogens with two attached hydrogens (primary N) is 1. The van der Waals surface area contributed by atoms with Crippen molar-refractivity contribution in [2.75, 3.05) is 18.1 Å². The number of halogens is 1. The molecular weight excluding hydrogens is 256 g/mol. The summed E-state index contributed by atoms with van der Waals surface area (Å²) in [5, 5.41) is 3.11. The summed E-state index contributed by atoms with van der Waals surface area (Å²) in [4.78, 5) is 11.9. The van der Waals surface area contributed by atoms with Crippen molar-refractivity contribution in [1.82, 2.24) is 5.32 Å². The summed E-state index contributed by atoms with van der Waals surface area (Å²) in [5.74, 6) is 3.66. The third-order valence-corrected chi connectivity index (χ3v) is 4.80. The number of amides is 1. The Morgan fingerprint density at radius 1 is 1.24 bits per heavy atom. The second-order valence-corrected chi connectivity index (χ2v) is 6.30. The number of nitrogens with one attached hydrogen (secondary N) is 1. The van der Waals surface area contributed by atoms with E-state index >= 15 is 0 Å². The van der Waals surface area contributed by atoms with Crippen molar-refractivity contribution in [1.29, 1.82) is 0 Å². The molecule has 17 heavy (non-hydrogen) atoms. The normalized spacial score (nSPS) is 29.7. The van der Waals surface area contributed by atoms with Crippen LogP contribution in [0.15, 0.2) is 0 Å². The summed E-state index contributed by atoms with van der Waals surface area (Å²) in [6.07, 6.45) is 5.39. The predicted octanol–water partition coefficient (Wildman–Crippen LogP) is 1.79. The van der Waals surface area contributed by atoms with E-state index in [9.17, 15) is 4.79 Å². The van der Waals surface area contributed by atoms with Crippen molar-refractivity contribution < 1.29 is 4.79 Å². The standard InChI is InChI=1S/C12H22N2OS.ClH/c13-11-2-1-10(7-11)12(15)14-8-9-3-5-16-6-4-9;/h9-11H,1-8,13H2,(H,14,15);1H. The van der Waals surface area contributed by atoms with Crippen LogP contribution >= 0.6 is 24.2 Å². The second kappa shape index (κ2) is 7.49. The molecule has 0 spiro atoms. The van der Waals surface area contributed by atoms with Gasteiger partial charge in [-0.1, -0.05) is 0 Å². The van der Waals surface area contributed by atoms with E-state index in [2.05, 4.69) is 5.32 Å². The van der Waals surface area contributed by atoms with Gasteiger partial charge in [0.2, 0.25) is 5.91 Å². The van der Waals surface area contributed by atoms with Gasteiger partial charge in [0.15, 0.2) is 0 Å². The zero-order valence-corrected chi connectivity index (χ0v) is 11.8. The predicted molar refractivity (Wildman–Crippen MR) is 75.6 cm³/mol. The molecule has 2 fully saturated rings. The van der Waals surface area contributed by atoms with Crippen LogP contribution in [0, 0.1) is 11.8 Å². The summed E-state index contributed by atoms with van der Waals surface area (Å²) in [5.41, 5.74) is 5.82. The highest BCUT2D eigenvalue weighted by molar-refractivity contribution is 7.99. The molecular formula is C12H23ClN2OS. The van der Waals surface area contributed by atoms with Gasteiger partial charge in [-0.2, -0.15) is 11.8 Å². The van der Waals surface area contributed by atoms with Crippen LogP contribution < -0.4 is 11.1 Å². The maximum atomic E-state index is 11.9. The number of hydrogen-bond donors (Lipinski definition) is 2. The van der Waals surface area contributed by atoms with Crippen molar-refractivity contribution >= 4 is 30.1 Å². The van der Waals surface area contributed by atoms with Crippen LogP contribution in [0.25, 0.3) is 0 Å². The number of hydrogen-bond acceptors (Lipinski definition) is 3. The van der Waals surface area contributed by atoms with Crippen LogP contribution in [-0.4, -0.2) is 30.0 Å². The monoisotopic (exact) mass is 278 g/mol. The zero-order valence-electron chi connectivity index (χ0n) is 10.2. The van der Waals surface area contributed by atoms with Crippen molar-refractivity contribution in [2.45, 2.75) is 38.1 Å². The Bertz CT molecular complexity index is 247. The molecule has 3 N–H and O–H groups in total. The Labute approximate surface area is 114 Å². The van der Waals surface area contributed by atoms with Gasteiger partial charge >= 0.3 is 0 Å². The summed E-state index contributed by atoms with van der Waals surface area (Å²) in [6.45, 7) is 0.880. The molecule has 0 bridgehead atoms. The zero-order chi connectivity index (χ0) is 11.4. The SMILES string of the molecule is Cl.NC1CCC(C(=O)NCC2CCSCC2)C1. The van der Waals surface area contributed by atoms with Gasteiger partial charge in [-0.05, 0) is 49.5 Å². The molecule has 2 atom stereocenters. The van der Waals surface area contributed by atoms with Crippen LogP contribution in [0.2, 0.25) is 0 Å². The fourth-order valence-corrected chi connectivity index (χ4v) is 3.80. The van der Waals surface area contributed by atoms with Crippen molar-refractivity contribution in [3.63, 3.8) is 0 Å². The molecule has 1 heterocycles. The molecule has 0 aromatic heterocycles. The fourth-order valence-electron chi connectivity index (χ4n) is 2.59. The van der Waals surface area contributed by atoms with Crippen LogP contribution in [0.5, 0.6) is 0 Å². The van der Waals surface area contributed by atoms with Gasteiger partial charge in [-0.15, -0.1) is 12.4 Å². The Hall–Kier alpha value is 0.0700. The molecule has 0 aromatic rings. The molecule has 1 saturated carbocycles. The van der Waals surface area contributed by atoms with E-state index in [1.807, 2.05) is 11.8 Å². The highest BCUT2D eigenvalue weighted by Crippen LogP contribution is 2.25. The van der Waals surface area contributed by atoms with E-state index in [4.69, 9.17) is 5.73 Å². The van der Waals surface area contributed by atoms with Crippen LogP contribution in [0.3, 0.4) is 0 Å². The highest BCUT2D eigenvalue weighted by Gasteiger charge is 2.27. The van der Waals surface area contributed by atoms with E-state index in [0.717, 1.165) is 25.8 Å². The number of thioether (sulfide) groups is 1. The van der Waals surface area contributed by atoms with Crippen molar-refractivity contribution in [2.24, 2.45) is 17.6 Å². The Morgan fingerprint density at radius 3 is 2.53 bits per heavy atom. The van der Waals surface area contributed by atoms with E-state index < -0.39 is 0 Å².